The largest absolute Gasteiger partial charge is 0.484 e. The summed E-state index contributed by atoms with van der Waals surface area (Å²) in [6, 6.07) is 7.00. The van der Waals surface area contributed by atoms with Crippen molar-refractivity contribution in [2.45, 2.75) is 19.1 Å². The fourth-order valence-electron chi connectivity index (χ4n) is 3.93. The van der Waals surface area contributed by atoms with E-state index in [4.69, 9.17) is 19.9 Å². The first kappa shape index (κ1) is 23.4. The van der Waals surface area contributed by atoms with Crippen LogP contribution in [0.2, 0.25) is 0 Å². The predicted octanol–water partition coefficient (Wildman–Crippen LogP) is 2.76. The van der Waals surface area contributed by atoms with Crippen LogP contribution in [0.25, 0.3) is 16.8 Å². The molecule has 1 atom stereocenters. The number of pyridine rings is 2. The molecular weight excluding hydrogens is 474 g/mol. The monoisotopic (exact) mass is 496 g/mol. The summed E-state index contributed by atoms with van der Waals surface area (Å²) >= 11 is 0. The molecule has 0 saturated carbocycles. The molecule has 4 aromatic rings. The van der Waals surface area contributed by atoms with E-state index in [0.29, 0.717) is 30.8 Å². The number of carbonyl (C=O) groups is 1. The van der Waals surface area contributed by atoms with Gasteiger partial charge in [-0.1, -0.05) is 0 Å². The molecule has 12 heteroatoms. The number of carbonyl (C=O) groups excluding carboxylic acids is 1. The third kappa shape index (κ3) is 4.75. The predicted molar refractivity (Wildman–Crippen MR) is 125 cm³/mol. The molecule has 1 saturated heterocycles. The molecule has 1 aliphatic heterocycles. The maximum atomic E-state index is 14.5. The Balaban J connectivity index is 1.40. The summed E-state index contributed by atoms with van der Waals surface area (Å²) in [7, 11) is 1.39. The van der Waals surface area contributed by atoms with Crippen molar-refractivity contribution in [2.24, 2.45) is 0 Å². The minimum atomic E-state index is -0.850. The van der Waals surface area contributed by atoms with Gasteiger partial charge < -0.3 is 25.3 Å². The Morgan fingerprint density at radius 1 is 1.28 bits per heavy atom. The number of aromatic nitrogens is 4. The van der Waals surface area contributed by atoms with Gasteiger partial charge in [0.2, 0.25) is 11.8 Å². The van der Waals surface area contributed by atoms with Gasteiger partial charge in [-0.15, -0.1) is 5.10 Å². The van der Waals surface area contributed by atoms with E-state index >= 15 is 0 Å². The summed E-state index contributed by atoms with van der Waals surface area (Å²) in [5, 5.41) is 6.71. The molecular formula is C24H22F2N6O4. The number of hydrogen-bond acceptors (Lipinski definition) is 8. The Kier molecular flexibility index (Phi) is 6.34. The smallest absolute Gasteiger partial charge is 0.257 e. The molecule has 4 heterocycles. The highest BCUT2D eigenvalue weighted by Gasteiger charge is 2.23. The van der Waals surface area contributed by atoms with Crippen molar-refractivity contribution in [3.05, 3.63) is 65.5 Å². The summed E-state index contributed by atoms with van der Waals surface area (Å²) in [6.45, 7) is 0.625. The van der Waals surface area contributed by atoms with E-state index in [1.54, 1.807) is 30.6 Å². The number of hydrogen-bond donors (Lipinski definition) is 2. The number of ether oxygens (including phenoxy) is 3. The second-order valence-electron chi connectivity index (χ2n) is 8.13. The molecule has 5 rings (SSSR count). The molecule has 3 aromatic heterocycles. The van der Waals surface area contributed by atoms with E-state index in [9.17, 15) is 13.6 Å². The summed E-state index contributed by atoms with van der Waals surface area (Å²) in [4.78, 5) is 21.5. The number of amides is 1. The highest BCUT2D eigenvalue weighted by Crippen LogP contribution is 2.28. The Morgan fingerprint density at radius 2 is 2.14 bits per heavy atom. The SMILES string of the molecule is COc1ncc(-c2ccn3nc(N)nc3c2)cc1C(=O)NCc1cc(F)cc(F)c1O[C@@H]1CCOC1. The van der Waals surface area contributed by atoms with Gasteiger partial charge in [0.25, 0.3) is 5.91 Å². The Labute approximate surface area is 204 Å². The second-order valence-corrected chi connectivity index (χ2v) is 8.13. The van der Waals surface area contributed by atoms with Crippen LogP contribution in [0.5, 0.6) is 11.6 Å². The molecule has 0 aliphatic carbocycles. The first-order chi connectivity index (χ1) is 17.4. The molecule has 0 spiro atoms. The first-order valence-electron chi connectivity index (χ1n) is 11.1. The highest BCUT2D eigenvalue weighted by molar-refractivity contribution is 5.97. The third-order valence-corrected chi connectivity index (χ3v) is 5.67. The van der Waals surface area contributed by atoms with Crippen LogP contribution < -0.4 is 20.5 Å². The molecule has 1 aromatic carbocycles. The van der Waals surface area contributed by atoms with Gasteiger partial charge >= 0.3 is 0 Å². The van der Waals surface area contributed by atoms with E-state index in [1.807, 2.05) is 0 Å². The zero-order chi connectivity index (χ0) is 25.2. The molecule has 1 fully saturated rings. The average Bonchev–Trinajstić information content (AvgIpc) is 3.52. The average molecular weight is 496 g/mol. The third-order valence-electron chi connectivity index (χ3n) is 5.67. The van der Waals surface area contributed by atoms with Crippen LogP contribution in [0.3, 0.4) is 0 Å². The van der Waals surface area contributed by atoms with Crippen LogP contribution in [0, 0.1) is 11.6 Å². The van der Waals surface area contributed by atoms with Crippen LogP contribution >= 0.6 is 0 Å². The summed E-state index contributed by atoms with van der Waals surface area (Å²) < 4.78 is 46.2. The lowest BCUT2D eigenvalue weighted by molar-refractivity contribution is 0.0946. The Hall–Kier alpha value is -4.32. The molecule has 10 nitrogen and oxygen atoms in total. The molecule has 0 unspecified atom stereocenters. The van der Waals surface area contributed by atoms with Gasteiger partial charge in [0.05, 0.1) is 20.3 Å². The summed E-state index contributed by atoms with van der Waals surface area (Å²) in [5.41, 5.74) is 7.81. The lowest BCUT2D eigenvalue weighted by atomic mass is 10.1. The Morgan fingerprint density at radius 3 is 2.92 bits per heavy atom. The number of nitrogens with zero attached hydrogens (tertiary/aromatic N) is 4. The molecule has 0 bridgehead atoms. The number of methoxy groups -OCH3 is 1. The van der Waals surface area contributed by atoms with E-state index in [-0.39, 0.29) is 41.4 Å². The minimum Gasteiger partial charge on any atom is -0.484 e. The normalized spacial score (nSPS) is 15.2. The zero-order valence-corrected chi connectivity index (χ0v) is 19.2. The van der Waals surface area contributed by atoms with Gasteiger partial charge in [-0.25, -0.2) is 18.3 Å². The highest BCUT2D eigenvalue weighted by atomic mass is 19.1. The second kappa shape index (κ2) is 9.74. The van der Waals surface area contributed by atoms with Gasteiger partial charge in [0.1, 0.15) is 17.5 Å². The fourth-order valence-corrected chi connectivity index (χ4v) is 3.93. The minimum absolute atomic E-state index is 0.0917. The van der Waals surface area contributed by atoms with Crippen molar-refractivity contribution in [3.8, 4) is 22.8 Å². The number of nitrogens with one attached hydrogen (secondary N) is 1. The zero-order valence-electron chi connectivity index (χ0n) is 19.2. The van der Waals surface area contributed by atoms with Gasteiger partial charge in [-0.2, -0.15) is 4.98 Å². The molecule has 3 N–H and O–H groups in total. The van der Waals surface area contributed by atoms with Gasteiger partial charge in [0.15, 0.2) is 17.2 Å². The number of nitrogens with two attached hydrogens (primary N) is 1. The van der Waals surface area contributed by atoms with Crippen LogP contribution in [0.4, 0.5) is 14.7 Å². The van der Waals surface area contributed by atoms with Crippen molar-refractivity contribution in [2.75, 3.05) is 26.1 Å². The van der Waals surface area contributed by atoms with E-state index in [1.165, 1.54) is 11.6 Å². The number of halogens is 2. The van der Waals surface area contributed by atoms with Gasteiger partial charge in [0, 0.05) is 42.6 Å². The van der Waals surface area contributed by atoms with E-state index in [0.717, 1.165) is 17.7 Å². The number of nitrogen functional groups attached to an aromatic ring is 1. The number of fused-ring (bicyclic) bond motifs is 1. The summed E-state index contributed by atoms with van der Waals surface area (Å²) in [6.07, 6.45) is 3.48. The van der Waals surface area contributed by atoms with Crippen molar-refractivity contribution < 1.29 is 27.8 Å². The number of benzene rings is 1. The van der Waals surface area contributed by atoms with Crippen LogP contribution in [0.15, 0.2) is 42.7 Å². The van der Waals surface area contributed by atoms with Crippen molar-refractivity contribution in [1.82, 2.24) is 24.9 Å². The number of anilines is 1. The maximum Gasteiger partial charge on any atom is 0.257 e. The quantitative estimate of drug-likeness (QED) is 0.400. The Bertz CT molecular complexity index is 1440. The van der Waals surface area contributed by atoms with Gasteiger partial charge in [-0.3, -0.25) is 4.79 Å². The standard InChI is InChI=1S/C24H22F2N6O4/c1-34-23-18(7-14(10-29-23)13-2-4-32-20(8-13)30-24(27)31-32)22(33)28-11-15-6-16(25)9-19(26)21(15)36-17-3-5-35-12-17/h2,4,6-10,17H,3,5,11-12H2,1H3,(H2,27,31)(H,28,33)/t17-/m1/s1. The van der Waals surface area contributed by atoms with Crippen molar-refractivity contribution >= 4 is 17.5 Å². The maximum absolute atomic E-state index is 14.5. The number of rotatable bonds is 7. The van der Waals surface area contributed by atoms with Gasteiger partial charge in [-0.05, 0) is 29.8 Å². The molecule has 1 amide bonds. The van der Waals surface area contributed by atoms with E-state index < -0.39 is 17.5 Å². The molecule has 186 valence electrons. The van der Waals surface area contributed by atoms with Crippen molar-refractivity contribution in [1.29, 1.82) is 0 Å². The first-order valence-corrected chi connectivity index (χ1v) is 11.1. The fraction of sp³-hybridized carbons (Fsp3) is 0.250. The van der Waals surface area contributed by atoms with Crippen molar-refractivity contribution in [3.63, 3.8) is 0 Å². The van der Waals surface area contributed by atoms with Crippen LogP contribution in [-0.4, -0.2) is 51.9 Å². The summed E-state index contributed by atoms with van der Waals surface area (Å²) in [5.74, 6) is -2.07. The molecule has 36 heavy (non-hydrogen) atoms. The van der Waals surface area contributed by atoms with E-state index in [2.05, 4.69) is 20.4 Å². The molecule has 1 aliphatic rings. The molecule has 0 radical (unpaired) electrons. The lowest BCUT2D eigenvalue weighted by Gasteiger charge is -2.17. The lowest BCUT2D eigenvalue weighted by Crippen LogP contribution is -2.25. The van der Waals surface area contributed by atoms with Crippen LogP contribution in [0.1, 0.15) is 22.3 Å². The van der Waals surface area contributed by atoms with Crippen LogP contribution in [-0.2, 0) is 11.3 Å². The topological polar surface area (TPSA) is 126 Å².